The van der Waals surface area contributed by atoms with Gasteiger partial charge in [-0.2, -0.15) is 4.31 Å². The average molecular weight is 583 g/mol. The van der Waals surface area contributed by atoms with Crippen molar-refractivity contribution in [3.8, 4) is 0 Å². The van der Waals surface area contributed by atoms with Crippen LogP contribution in [0.3, 0.4) is 0 Å². The molecule has 1 N–H and O–H groups in total. The van der Waals surface area contributed by atoms with Crippen molar-refractivity contribution in [2.45, 2.75) is 61.4 Å². The molecule has 0 atom stereocenters. The van der Waals surface area contributed by atoms with E-state index in [1.54, 1.807) is 0 Å². The van der Waals surface area contributed by atoms with Crippen LogP contribution in [0.4, 0.5) is 0 Å². The van der Waals surface area contributed by atoms with Crippen molar-refractivity contribution >= 4 is 39.1 Å². The molecule has 1 heterocycles. The van der Waals surface area contributed by atoms with Gasteiger partial charge in [0.2, 0.25) is 15.9 Å². The second-order valence-electron chi connectivity index (χ2n) is 10.4. The Morgan fingerprint density at radius 2 is 1.79 bits per heavy atom. The summed E-state index contributed by atoms with van der Waals surface area (Å²) in [5, 5.41) is 3.55. The molecule has 0 unspecified atom stereocenters. The molecule has 1 aliphatic carbocycles. The Morgan fingerprint density at radius 3 is 2.45 bits per heavy atom. The first-order chi connectivity index (χ1) is 18.2. The van der Waals surface area contributed by atoms with Crippen LogP contribution < -0.4 is 5.32 Å². The van der Waals surface area contributed by atoms with Gasteiger partial charge < -0.3 is 10.1 Å². The van der Waals surface area contributed by atoms with Gasteiger partial charge in [-0.1, -0.05) is 53.5 Å². The van der Waals surface area contributed by atoms with Gasteiger partial charge in [-0.25, -0.2) is 8.42 Å². The van der Waals surface area contributed by atoms with Crippen molar-refractivity contribution in [2.24, 2.45) is 0 Å². The maximum atomic E-state index is 12.8. The highest BCUT2D eigenvalue weighted by atomic mass is 35.5. The molecule has 0 spiro atoms. The summed E-state index contributed by atoms with van der Waals surface area (Å²) in [6, 6.07) is 15.1. The number of benzene rings is 2. The minimum Gasteiger partial charge on any atom is -0.370 e. The van der Waals surface area contributed by atoms with Gasteiger partial charge in [-0.05, 0) is 81.8 Å². The van der Waals surface area contributed by atoms with E-state index in [1.165, 1.54) is 43.7 Å². The molecule has 2 aromatic rings. The number of carbonyl (C=O) groups is 1. The molecule has 0 aromatic heterocycles. The third-order valence-electron chi connectivity index (χ3n) is 7.80. The van der Waals surface area contributed by atoms with Crippen molar-refractivity contribution in [1.29, 1.82) is 0 Å². The van der Waals surface area contributed by atoms with Gasteiger partial charge in [0.25, 0.3) is 0 Å². The van der Waals surface area contributed by atoms with Gasteiger partial charge >= 0.3 is 0 Å². The highest BCUT2D eigenvalue weighted by Crippen LogP contribution is 2.38. The number of nitrogens with one attached hydrogen (secondary N) is 1. The summed E-state index contributed by atoms with van der Waals surface area (Å²) in [7, 11) is -2.34. The highest BCUT2D eigenvalue weighted by Gasteiger charge is 2.41. The van der Waals surface area contributed by atoms with E-state index in [2.05, 4.69) is 40.5 Å². The molecule has 1 amide bonds. The number of nitrogens with zero attached hydrogens (tertiary/aromatic N) is 2. The number of amides is 1. The van der Waals surface area contributed by atoms with Crippen molar-refractivity contribution in [3.05, 3.63) is 64.1 Å². The van der Waals surface area contributed by atoms with Crippen LogP contribution in [0.15, 0.2) is 53.4 Å². The molecule has 0 radical (unpaired) electrons. The zero-order valence-electron chi connectivity index (χ0n) is 21.9. The molecule has 0 bridgehead atoms. The van der Waals surface area contributed by atoms with Crippen LogP contribution >= 0.6 is 23.2 Å². The molecule has 1 saturated carbocycles. The highest BCUT2D eigenvalue weighted by molar-refractivity contribution is 7.89. The van der Waals surface area contributed by atoms with Crippen molar-refractivity contribution in [2.75, 3.05) is 39.9 Å². The van der Waals surface area contributed by atoms with Crippen molar-refractivity contribution in [1.82, 2.24) is 14.5 Å². The fourth-order valence-corrected chi connectivity index (χ4v) is 7.57. The number of rotatable bonds is 11. The summed E-state index contributed by atoms with van der Waals surface area (Å²) in [6.45, 7) is 2.40. The van der Waals surface area contributed by atoms with Gasteiger partial charge in [0, 0.05) is 30.2 Å². The van der Waals surface area contributed by atoms with Crippen LogP contribution in [0, 0.1) is 0 Å². The molecule has 38 heavy (non-hydrogen) atoms. The Hall–Kier alpha value is -1.68. The van der Waals surface area contributed by atoms with E-state index in [0.717, 1.165) is 49.5 Å². The molecule has 1 aliphatic heterocycles. The zero-order valence-corrected chi connectivity index (χ0v) is 24.2. The van der Waals surface area contributed by atoms with Gasteiger partial charge in [-0.3, -0.25) is 9.69 Å². The van der Waals surface area contributed by atoms with E-state index in [4.69, 9.17) is 27.9 Å². The maximum Gasteiger partial charge on any atom is 0.246 e. The Balaban J connectivity index is 1.22. The minimum absolute atomic E-state index is 0.0154. The summed E-state index contributed by atoms with van der Waals surface area (Å²) < 4.78 is 32.2. The summed E-state index contributed by atoms with van der Waals surface area (Å²) in [4.78, 5) is 15.2. The Labute approximate surface area is 236 Å². The second kappa shape index (κ2) is 13.1. The molecule has 10 heteroatoms. The van der Waals surface area contributed by atoms with Crippen LogP contribution in [0.5, 0.6) is 0 Å². The van der Waals surface area contributed by atoms with Crippen LogP contribution in [0.25, 0.3) is 0 Å². The topological polar surface area (TPSA) is 79.0 Å². The van der Waals surface area contributed by atoms with Crippen LogP contribution in [0.2, 0.25) is 10.0 Å². The van der Waals surface area contributed by atoms with Gasteiger partial charge in [0.1, 0.15) is 11.5 Å². The lowest BCUT2D eigenvalue weighted by Gasteiger charge is -2.47. The van der Waals surface area contributed by atoms with Gasteiger partial charge in [-0.15, -0.1) is 0 Å². The molecule has 7 nitrogen and oxygen atoms in total. The van der Waals surface area contributed by atoms with Gasteiger partial charge in [0.05, 0.1) is 11.6 Å². The fraction of sp³-hybridized carbons (Fsp3) is 0.536. The monoisotopic (exact) mass is 581 g/mol. The summed E-state index contributed by atoms with van der Waals surface area (Å²) in [5.41, 5.74) is 1.54. The van der Waals surface area contributed by atoms with E-state index < -0.39 is 10.0 Å². The molecule has 1 saturated heterocycles. The van der Waals surface area contributed by atoms with E-state index in [9.17, 15) is 13.2 Å². The number of hydrogen-bond donors (Lipinski definition) is 1. The lowest BCUT2D eigenvalue weighted by Crippen LogP contribution is -2.54. The van der Waals surface area contributed by atoms with Crippen LogP contribution in [-0.4, -0.2) is 75.0 Å². The number of likely N-dealkylation sites (N-methyl/N-ethyl adjacent to an activating group) is 1. The molecule has 4 rings (SSSR count). The van der Waals surface area contributed by atoms with E-state index >= 15 is 0 Å². The zero-order chi connectivity index (χ0) is 27.2. The number of carbonyl (C=O) groups excluding carboxylic acids is 1. The predicted octanol–water partition coefficient (Wildman–Crippen LogP) is 4.77. The molecule has 2 aromatic carbocycles. The Bertz CT molecular complexity index is 1180. The first-order valence-electron chi connectivity index (χ1n) is 13.3. The summed E-state index contributed by atoms with van der Waals surface area (Å²) in [6.07, 6.45) is 7.58. The Morgan fingerprint density at radius 1 is 1.11 bits per heavy atom. The largest absolute Gasteiger partial charge is 0.370 e. The van der Waals surface area contributed by atoms with Crippen molar-refractivity contribution in [3.63, 3.8) is 0 Å². The molecular weight excluding hydrogens is 545 g/mol. The maximum absolute atomic E-state index is 12.8. The fourth-order valence-electron chi connectivity index (χ4n) is 5.67. The molecular formula is C28H37Cl2N3O4S. The first kappa shape index (κ1) is 29.3. The second-order valence-corrected chi connectivity index (χ2v) is 13.2. The van der Waals surface area contributed by atoms with Crippen LogP contribution in [-0.2, 0) is 26.0 Å². The molecule has 208 valence electrons. The normalized spacial score (nSPS) is 22.6. The molecule has 2 aliphatic rings. The van der Waals surface area contributed by atoms with E-state index in [0.29, 0.717) is 5.02 Å². The minimum atomic E-state index is -3.79. The average Bonchev–Trinajstić information content (AvgIpc) is 3.44. The third-order valence-corrected chi connectivity index (χ3v) is 10.4. The lowest BCUT2D eigenvalue weighted by molar-refractivity contribution is -0.126. The summed E-state index contributed by atoms with van der Waals surface area (Å²) in [5.74, 6) is -0.169. The van der Waals surface area contributed by atoms with E-state index in [1.807, 2.05) is 0 Å². The number of halogens is 2. The van der Waals surface area contributed by atoms with Crippen molar-refractivity contribution < 1.29 is 17.9 Å². The number of hydrogen-bond acceptors (Lipinski definition) is 5. The lowest BCUT2D eigenvalue weighted by atomic mass is 9.74. The smallest absolute Gasteiger partial charge is 0.246 e. The first-order valence-corrected chi connectivity index (χ1v) is 15.5. The quantitative estimate of drug-likeness (QED) is 0.387. The van der Waals surface area contributed by atoms with E-state index in [-0.39, 0.29) is 47.2 Å². The molecule has 2 fully saturated rings. The number of ether oxygens (including phenoxy) is 1. The Kier molecular flexibility index (Phi) is 10.1. The standard InChI is InChI=1S/C28H37Cl2N3O4S/c1-32(38(35,36)26-10-9-23(29)19-25(26)30)17-18-37-21-27(34)31-24-11-13-28(14-12-24,33-15-5-6-16-33)20-22-7-3-2-4-8-22/h2-4,7-10,19,24H,5-6,11-18,20-21H2,1H3,(H,31,34). The van der Waals surface area contributed by atoms with Gasteiger partial charge in [0.15, 0.2) is 0 Å². The summed E-state index contributed by atoms with van der Waals surface area (Å²) >= 11 is 11.9. The van der Waals surface area contributed by atoms with Crippen LogP contribution in [0.1, 0.15) is 44.1 Å². The third kappa shape index (κ3) is 7.29. The number of sulfonamides is 1. The predicted molar refractivity (Wildman–Crippen MR) is 151 cm³/mol. The number of likely N-dealkylation sites (tertiary alicyclic amines) is 1. The SMILES string of the molecule is CN(CCOCC(=O)NC1CCC(Cc2ccccc2)(N2CCCC2)CC1)S(=O)(=O)c1ccc(Cl)cc1Cl.